The van der Waals surface area contributed by atoms with E-state index in [0.717, 1.165) is 12.8 Å². The second-order valence-corrected chi connectivity index (χ2v) is 8.29. The maximum atomic E-state index is 12.8. The number of ether oxygens (including phenoxy) is 2. The molecule has 8 heteroatoms. The van der Waals surface area contributed by atoms with Gasteiger partial charge in [-0.2, -0.15) is 0 Å². The molecule has 0 bridgehead atoms. The molecular formula is C23H25N3O5. The lowest BCUT2D eigenvalue weighted by molar-refractivity contribution is -0.384. The molecule has 31 heavy (non-hydrogen) atoms. The fraction of sp³-hybridized carbons (Fsp3) is 0.435. The van der Waals surface area contributed by atoms with Gasteiger partial charge in [-0.3, -0.25) is 14.9 Å². The van der Waals surface area contributed by atoms with E-state index in [9.17, 15) is 14.9 Å². The Labute approximate surface area is 180 Å². The third kappa shape index (κ3) is 3.55. The van der Waals surface area contributed by atoms with Crippen molar-refractivity contribution < 1.29 is 19.2 Å². The smallest absolute Gasteiger partial charge is 0.293 e. The fourth-order valence-electron chi connectivity index (χ4n) is 4.98. The first-order valence-corrected chi connectivity index (χ1v) is 10.7. The van der Waals surface area contributed by atoms with Gasteiger partial charge in [-0.15, -0.1) is 0 Å². The summed E-state index contributed by atoms with van der Waals surface area (Å²) in [5.74, 6) is -0.193. The van der Waals surface area contributed by atoms with E-state index in [0.29, 0.717) is 57.3 Å². The van der Waals surface area contributed by atoms with Crippen molar-refractivity contribution in [1.29, 1.82) is 0 Å². The van der Waals surface area contributed by atoms with Gasteiger partial charge < -0.3 is 19.3 Å². The van der Waals surface area contributed by atoms with Gasteiger partial charge in [-0.05, 0) is 36.1 Å². The van der Waals surface area contributed by atoms with Crippen LogP contribution < -0.4 is 4.90 Å². The summed E-state index contributed by atoms with van der Waals surface area (Å²) in [5.41, 5.74) is 2.86. The van der Waals surface area contributed by atoms with Crippen LogP contribution in [0, 0.1) is 10.1 Å². The van der Waals surface area contributed by atoms with Gasteiger partial charge in [-0.25, -0.2) is 0 Å². The molecular weight excluding hydrogens is 398 g/mol. The molecule has 0 aromatic heterocycles. The standard InChI is InChI=1S/C23H25N3O5/c27-22(24-9-12-30-13-10-24)18-5-6-20(21(15-18)26(28)29)25-11-14-31-23(16-25)8-7-17-3-1-2-4-19(17)23/h1-6,15H,7-14,16H2. The normalized spacial score (nSPS) is 23.1. The third-order valence-corrected chi connectivity index (χ3v) is 6.55. The summed E-state index contributed by atoms with van der Waals surface area (Å²) in [6, 6.07) is 13.1. The molecule has 1 amide bonds. The molecule has 0 saturated carbocycles. The Morgan fingerprint density at radius 1 is 1.06 bits per heavy atom. The van der Waals surface area contributed by atoms with E-state index in [4.69, 9.17) is 9.47 Å². The van der Waals surface area contributed by atoms with E-state index in [2.05, 4.69) is 12.1 Å². The monoisotopic (exact) mass is 423 g/mol. The van der Waals surface area contributed by atoms with Crippen LogP contribution in [0.1, 0.15) is 27.9 Å². The molecule has 162 valence electrons. The molecule has 1 aliphatic carbocycles. The highest BCUT2D eigenvalue weighted by molar-refractivity contribution is 5.96. The van der Waals surface area contributed by atoms with E-state index in [-0.39, 0.29) is 11.6 Å². The summed E-state index contributed by atoms with van der Waals surface area (Å²) in [4.78, 5) is 28.1. The zero-order chi connectivity index (χ0) is 21.4. The maximum Gasteiger partial charge on any atom is 0.293 e. The van der Waals surface area contributed by atoms with Crippen LogP contribution in [-0.4, -0.2) is 61.7 Å². The molecule has 2 aromatic carbocycles. The largest absolute Gasteiger partial charge is 0.378 e. The summed E-state index contributed by atoms with van der Waals surface area (Å²) >= 11 is 0. The summed E-state index contributed by atoms with van der Waals surface area (Å²) in [5, 5.41) is 11.9. The van der Waals surface area contributed by atoms with Crippen molar-refractivity contribution in [2.45, 2.75) is 18.4 Å². The van der Waals surface area contributed by atoms with Gasteiger partial charge in [0.25, 0.3) is 11.6 Å². The SMILES string of the molecule is O=C(c1ccc(N2CCOC3(CCc4ccccc43)C2)c([N+](=O)[O-])c1)N1CCOCC1. The van der Waals surface area contributed by atoms with Crippen LogP contribution in [0.3, 0.4) is 0 Å². The summed E-state index contributed by atoms with van der Waals surface area (Å²) in [6.45, 7) is 3.61. The fourth-order valence-corrected chi connectivity index (χ4v) is 4.98. The van der Waals surface area contributed by atoms with Crippen molar-refractivity contribution in [2.24, 2.45) is 0 Å². The molecule has 0 N–H and O–H groups in total. The number of fused-ring (bicyclic) bond motifs is 2. The molecule has 8 nitrogen and oxygen atoms in total. The number of hydrogen-bond donors (Lipinski definition) is 0. The number of aryl methyl sites for hydroxylation is 1. The van der Waals surface area contributed by atoms with Crippen LogP contribution in [0.15, 0.2) is 42.5 Å². The highest BCUT2D eigenvalue weighted by atomic mass is 16.6. The summed E-state index contributed by atoms with van der Waals surface area (Å²) in [7, 11) is 0. The molecule has 2 heterocycles. The summed E-state index contributed by atoms with van der Waals surface area (Å²) in [6.07, 6.45) is 1.81. The molecule has 1 spiro atoms. The molecule has 2 aliphatic heterocycles. The minimum absolute atomic E-state index is 0.0394. The third-order valence-electron chi connectivity index (χ3n) is 6.55. The van der Waals surface area contributed by atoms with Gasteiger partial charge in [0, 0.05) is 31.3 Å². The van der Waals surface area contributed by atoms with Gasteiger partial charge in [-0.1, -0.05) is 24.3 Å². The number of nitro groups is 1. The Hall–Kier alpha value is -2.97. The number of amides is 1. The van der Waals surface area contributed by atoms with Crippen LogP contribution in [0.4, 0.5) is 11.4 Å². The molecule has 0 radical (unpaired) electrons. The second-order valence-electron chi connectivity index (χ2n) is 8.29. The van der Waals surface area contributed by atoms with Crippen molar-refractivity contribution in [2.75, 3.05) is 50.9 Å². The van der Waals surface area contributed by atoms with Crippen molar-refractivity contribution in [3.8, 4) is 0 Å². The molecule has 1 atom stereocenters. The van der Waals surface area contributed by atoms with Gasteiger partial charge in [0.2, 0.25) is 0 Å². The number of rotatable bonds is 3. The number of carbonyl (C=O) groups is 1. The first-order valence-electron chi connectivity index (χ1n) is 10.7. The van der Waals surface area contributed by atoms with Crippen LogP contribution in [-0.2, 0) is 21.5 Å². The average Bonchev–Trinajstić information content (AvgIpc) is 3.16. The van der Waals surface area contributed by atoms with Crippen LogP contribution in [0.2, 0.25) is 0 Å². The number of nitro benzene ring substituents is 1. The second kappa shape index (κ2) is 7.94. The maximum absolute atomic E-state index is 12.8. The Balaban J connectivity index is 1.44. The lowest BCUT2D eigenvalue weighted by Crippen LogP contribution is -2.49. The van der Waals surface area contributed by atoms with Crippen molar-refractivity contribution in [1.82, 2.24) is 4.90 Å². The summed E-state index contributed by atoms with van der Waals surface area (Å²) < 4.78 is 11.6. The van der Waals surface area contributed by atoms with Crippen molar-refractivity contribution >= 4 is 17.3 Å². The van der Waals surface area contributed by atoms with Crippen LogP contribution in [0.25, 0.3) is 0 Å². The lowest BCUT2D eigenvalue weighted by Gasteiger charge is -2.42. The molecule has 2 fully saturated rings. The first-order chi connectivity index (χ1) is 15.1. The van der Waals surface area contributed by atoms with Gasteiger partial charge in [0.05, 0.1) is 31.3 Å². The van der Waals surface area contributed by atoms with E-state index in [1.807, 2.05) is 17.0 Å². The molecule has 5 rings (SSSR count). The highest BCUT2D eigenvalue weighted by Gasteiger charge is 2.44. The predicted octanol–water partition coefficient (Wildman–Crippen LogP) is 2.75. The molecule has 3 aliphatic rings. The number of benzene rings is 2. The van der Waals surface area contributed by atoms with E-state index >= 15 is 0 Å². The number of nitrogens with zero attached hydrogens (tertiary/aromatic N) is 3. The highest BCUT2D eigenvalue weighted by Crippen LogP contribution is 2.44. The molecule has 2 aromatic rings. The topological polar surface area (TPSA) is 85.2 Å². The number of carbonyl (C=O) groups excluding carboxylic acids is 1. The van der Waals surface area contributed by atoms with E-state index < -0.39 is 10.5 Å². The molecule has 1 unspecified atom stereocenters. The first kappa shape index (κ1) is 20.0. The van der Waals surface area contributed by atoms with Gasteiger partial charge >= 0.3 is 0 Å². The van der Waals surface area contributed by atoms with E-state index in [1.165, 1.54) is 17.2 Å². The lowest BCUT2D eigenvalue weighted by atomic mass is 9.93. The van der Waals surface area contributed by atoms with Crippen LogP contribution >= 0.6 is 0 Å². The Bertz CT molecular complexity index is 1020. The zero-order valence-corrected chi connectivity index (χ0v) is 17.3. The number of anilines is 1. The Kier molecular flexibility index (Phi) is 5.11. The van der Waals surface area contributed by atoms with Gasteiger partial charge in [0.15, 0.2) is 0 Å². The Morgan fingerprint density at radius 2 is 1.87 bits per heavy atom. The average molecular weight is 423 g/mol. The van der Waals surface area contributed by atoms with Crippen LogP contribution in [0.5, 0.6) is 0 Å². The van der Waals surface area contributed by atoms with Crippen molar-refractivity contribution in [3.63, 3.8) is 0 Å². The molecule has 2 saturated heterocycles. The minimum Gasteiger partial charge on any atom is -0.378 e. The van der Waals surface area contributed by atoms with Gasteiger partial charge in [0.1, 0.15) is 11.3 Å². The quantitative estimate of drug-likeness (QED) is 0.558. The minimum atomic E-state index is -0.439. The predicted molar refractivity (Wildman–Crippen MR) is 114 cm³/mol. The van der Waals surface area contributed by atoms with Crippen molar-refractivity contribution in [3.05, 3.63) is 69.3 Å². The zero-order valence-electron chi connectivity index (χ0n) is 17.3. The number of morpholine rings is 2. The Morgan fingerprint density at radius 3 is 2.68 bits per heavy atom. The van der Waals surface area contributed by atoms with E-state index in [1.54, 1.807) is 17.0 Å². The number of hydrogen-bond acceptors (Lipinski definition) is 6.